The summed E-state index contributed by atoms with van der Waals surface area (Å²) in [6.45, 7) is 4.16. The highest BCUT2D eigenvalue weighted by molar-refractivity contribution is 4.58. The van der Waals surface area contributed by atoms with Crippen LogP contribution in [0.2, 0.25) is 0 Å². The van der Waals surface area contributed by atoms with Gasteiger partial charge in [0.2, 0.25) is 0 Å². The first-order chi connectivity index (χ1) is 7.81. The van der Waals surface area contributed by atoms with Crippen LogP contribution in [0.15, 0.2) is 5.18 Å². The number of hydrogen-bond acceptors (Lipinski definition) is 2. The fraction of sp³-hybridized carbons (Fsp3) is 1.00. The van der Waals surface area contributed by atoms with Crippen LogP contribution in [0.3, 0.4) is 0 Å². The van der Waals surface area contributed by atoms with E-state index in [9.17, 15) is 4.91 Å². The Morgan fingerprint density at radius 1 is 0.812 bits per heavy atom. The molecule has 0 aliphatic heterocycles. The molecule has 0 aromatic rings. The molecular weight excluding hydrogens is 198 g/mol. The van der Waals surface area contributed by atoms with Crippen LogP contribution in [-0.4, -0.2) is 6.04 Å². The van der Waals surface area contributed by atoms with Crippen LogP contribution < -0.4 is 0 Å². The van der Waals surface area contributed by atoms with Crippen molar-refractivity contribution in [2.24, 2.45) is 5.18 Å². The number of nitrogens with zero attached hydrogens (tertiary/aromatic N) is 1. The predicted octanol–water partition coefficient (Wildman–Crippen LogP) is 5.45. The van der Waals surface area contributed by atoms with Crippen LogP contribution in [0.4, 0.5) is 0 Å². The topological polar surface area (TPSA) is 29.4 Å². The van der Waals surface area contributed by atoms with Gasteiger partial charge < -0.3 is 0 Å². The summed E-state index contributed by atoms with van der Waals surface area (Å²) in [7, 11) is 0. The summed E-state index contributed by atoms with van der Waals surface area (Å²) >= 11 is 0. The highest BCUT2D eigenvalue weighted by Crippen LogP contribution is 2.12. The van der Waals surface area contributed by atoms with Gasteiger partial charge in [-0.3, -0.25) is 0 Å². The molecule has 1 unspecified atom stereocenters. The normalized spacial score (nSPS) is 12.6. The van der Waals surface area contributed by atoms with Crippen molar-refractivity contribution in [2.45, 2.75) is 90.5 Å². The maximum Gasteiger partial charge on any atom is 0.0891 e. The molecule has 0 saturated heterocycles. The van der Waals surface area contributed by atoms with E-state index in [1.165, 1.54) is 64.2 Å². The van der Waals surface area contributed by atoms with Crippen molar-refractivity contribution >= 4 is 0 Å². The van der Waals surface area contributed by atoms with E-state index in [1.807, 2.05) is 6.92 Å². The summed E-state index contributed by atoms with van der Waals surface area (Å²) in [5, 5.41) is 3.01. The molecule has 0 aliphatic rings. The Balaban J connectivity index is 2.96. The number of rotatable bonds is 12. The Hall–Kier alpha value is -0.400. The number of hydrogen-bond donors (Lipinski definition) is 0. The van der Waals surface area contributed by atoms with Gasteiger partial charge in [-0.1, -0.05) is 76.3 Å². The van der Waals surface area contributed by atoms with Gasteiger partial charge in [0.1, 0.15) is 0 Å². The summed E-state index contributed by atoms with van der Waals surface area (Å²) in [4.78, 5) is 10.1. The van der Waals surface area contributed by atoms with Crippen molar-refractivity contribution in [1.29, 1.82) is 0 Å². The van der Waals surface area contributed by atoms with E-state index in [0.717, 1.165) is 6.42 Å². The van der Waals surface area contributed by atoms with Gasteiger partial charge in [-0.15, -0.1) is 0 Å². The van der Waals surface area contributed by atoms with Crippen molar-refractivity contribution in [2.75, 3.05) is 0 Å². The molecule has 0 saturated carbocycles. The molecule has 0 rings (SSSR count). The monoisotopic (exact) mass is 227 g/mol. The first-order valence-corrected chi connectivity index (χ1v) is 7.13. The van der Waals surface area contributed by atoms with Gasteiger partial charge in [0, 0.05) is 0 Å². The van der Waals surface area contributed by atoms with Crippen LogP contribution in [0.5, 0.6) is 0 Å². The van der Waals surface area contributed by atoms with E-state index in [1.54, 1.807) is 0 Å². The standard InChI is InChI=1S/C14H29NO/c1-3-4-5-6-7-8-9-10-11-12-13-14(2)15-16/h14H,3-13H2,1-2H3. The summed E-state index contributed by atoms with van der Waals surface area (Å²) in [5.74, 6) is 0. The van der Waals surface area contributed by atoms with Crippen molar-refractivity contribution in [1.82, 2.24) is 0 Å². The molecule has 0 radical (unpaired) electrons. The van der Waals surface area contributed by atoms with Crippen molar-refractivity contribution in [3.8, 4) is 0 Å². The van der Waals surface area contributed by atoms with Gasteiger partial charge in [0.25, 0.3) is 0 Å². The third kappa shape index (κ3) is 11.7. The largest absolute Gasteiger partial charge is 0.151 e. The zero-order valence-corrected chi connectivity index (χ0v) is 11.2. The summed E-state index contributed by atoms with van der Waals surface area (Å²) in [5.41, 5.74) is 0. The maximum absolute atomic E-state index is 10.1. The lowest BCUT2D eigenvalue weighted by molar-refractivity contribution is 0.533. The smallest absolute Gasteiger partial charge is 0.0891 e. The van der Waals surface area contributed by atoms with Gasteiger partial charge in [-0.05, 0) is 13.3 Å². The molecule has 2 heteroatoms. The number of nitroso groups, excluding NO2 is 1. The minimum Gasteiger partial charge on any atom is -0.151 e. The highest BCUT2D eigenvalue weighted by Gasteiger charge is 1.99. The molecule has 0 bridgehead atoms. The number of unbranched alkanes of at least 4 members (excludes halogenated alkanes) is 9. The second-order valence-electron chi connectivity index (χ2n) is 4.93. The molecule has 0 N–H and O–H groups in total. The molecule has 0 aromatic heterocycles. The fourth-order valence-electron chi connectivity index (χ4n) is 1.98. The van der Waals surface area contributed by atoms with Gasteiger partial charge in [-0.25, -0.2) is 0 Å². The van der Waals surface area contributed by atoms with E-state index in [4.69, 9.17) is 0 Å². The zero-order valence-electron chi connectivity index (χ0n) is 11.2. The molecule has 96 valence electrons. The van der Waals surface area contributed by atoms with Crippen molar-refractivity contribution in [3.63, 3.8) is 0 Å². The molecule has 0 aliphatic carbocycles. The van der Waals surface area contributed by atoms with Gasteiger partial charge >= 0.3 is 0 Å². The lowest BCUT2D eigenvalue weighted by atomic mass is 10.0. The molecule has 0 amide bonds. The van der Waals surface area contributed by atoms with Crippen LogP contribution in [0, 0.1) is 4.91 Å². The molecular formula is C14H29NO. The second kappa shape index (κ2) is 12.7. The van der Waals surface area contributed by atoms with E-state index < -0.39 is 0 Å². The Morgan fingerprint density at radius 3 is 1.69 bits per heavy atom. The van der Waals surface area contributed by atoms with E-state index in [2.05, 4.69) is 12.1 Å². The van der Waals surface area contributed by atoms with Crippen LogP contribution in [-0.2, 0) is 0 Å². The maximum atomic E-state index is 10.1. The fourth-order valence-corrected chi connectivity index (χ4v) is 1.98. The Morgan fingerprint density at radius 2 is 1.25 bits per heavy atom. The first-order valence-electron chi connectivity index (χ1n) is 7.13. The Bertz CT molecular complexity index is 148. The average molecular weight is 227 g/mol. The van der Waals surface area contributed by atoms with Gasteiger partial charge in [0.05, 0.1) is 6.04 Å². The summed E-state index contributed by atoms with van der Waals surface area (Å²) in [6, 6.07) is 0.0223. The van der Waals surface area contributed by atoms with Crippen molar-refractivity contribution < 1.29 is 0 Å². The quantitative estimate of drug-likeness (QED) is 0.322. The second-order valence-corrected chi connectivity index (χ2v) is 4.93. The molecule has 0 aromatic carbocycles. The van der Waals surface area contributed by atoms with E-state index >= 15 is 0 Å². The molecule has 0 fully saturated rings. The SMILES string of the molecule is CCCCCCCCCCCCC(C)N=O. The molecule has 1 atom stereocenters. The summed E-state index contributed by atoms with van der Waals surface area (Å²) in [6.07, 6.45) is 14.5. The van der Waals surface area contributed by atoms with Crippen LogP contribution in [0.25, 0.3) is 0 Å². The zero-order chi connectivity index (χ0) is 12.1. The predicted molar refractivity (Wildman–Crippen MR) is 71.7 cm³/mol. The van der Waals surface area contributed by atoms with Crippen LogP contribution in [0.1, 0.15) is 84.5 Å². The first kappa shape index (κ1) is 15.6. The third-order valence-electron chi connectivity index (χ3n) is 3.16. The molecule has 2 nitrogen and oxygen atoms in total. The molecule has 0 spiro atoms. The molecule has 0 heterocycles. The minimum absolute atomic E-state index is 0.0223. The van der Waals surface area contributed by atoms with Gasteiger partial charge in [0.15, 0.2) is 0 Å². The third-order valence-corrected chi connectivity index (χ3v) is 3.16. The van der Waals surface area contributed by atoms with E-state index in [0.29, 0.717) is 0 Å². The van der Waals surface area contributed by atoms with Crippen molar-refractivity contribution in [3.05, 3.63) is 4.91 Å². The minimum atomic E-state index is 0.0223. The Kier molecular flexibility index (Phi) is 12.4. The lowest BCUT2D eigenvalue weighted by Gasteiger charge is -2.03. The lowest BCUT2D eigenvalue weighted by Crippen LogP contribution is -1.95. The summed E-state index contributed by atoms with van der Waals surface area (Å²) < 4.78 is 0. The van der Waals surface area contributed by atoms with Crippen LogP contribution >= 0.6 is 0 Å². The molecule has 16 heavy (non-hydrogen) atoms. The van der Waals surface area contributed by atoms with E-state index in [-0.39, 0.29) is 6.04 Å². The van der Waals surface area contributed by atoms with Gasteiger partial charge in [-0.2, -0.15) is 4.91 Å². The Labute approximate surface area is 101 Å². The highest BCUT2D eigenvalue weighted by atomic mass is 16.3. The average Bonchev–Trinajstić information content (AvgIpc) is 2.31.